The zero-order valence-electron chi connectivity index (χ0n) is 18.4. The third-order valence-electron chi connectivity index (χ3n) is 6.63. The van der Waals surface area contributed by atoms with Gasteiger partial charge in [-0.05, 0) is 72.2 Å². The van der Waals surface area contributed by atoms with Gasteiger partial charge in [0, 0.05) is 17.3 Å². The number of amides is 2. The van der Waals surface area contributed by atoms with Crippen molar-refractivity contribution in [1.82, 2.24) is 25.1 Å². The van der Waals surface area contributed by atoms with Crippen molar-refractivity contribution >= 4 is 29.3 Å². The highest BCUT2D eigenvalue weighted by Crippen LogP contribution is 2.41. The SMILES string of the molecule is CSc1nnnn1-c1cccc(NC(=O)C2CC3CCCCC3N2C(=O)c2ccccc2)c1. The van der Waals surface area contributed by atoms with Crippen molar-refractivity contribution in [3.63, 3.8) is 0 Å². The van der Waals surface area contributed by atoms with E-state index in [0.29, 0.717) is 28.7 Å². The van der Waals surface area contributed by atoms with Crippen molar-refractivity contribution in [3.05, 3.63) is 60.2 Å². The molecule has 2 amide bonds. The molecule has 5 rings (SSSR count). The maximum Gasteiger partial charge on any atom is 0.254 e. The molecule has 1 saturated heterocycles. The Labute approximate surface area is 196 Å². The molecular weight excluding hydrogens is 436 g/mol. The highest BCUT2D eigenvalue weighted by molar-refractivity contribution is 7.98. The highest BCUT2D eigenvalue weighted by atomic mass is 32.2. The van der Waals surface area contributed by atoms with Crippen LogP contribution >= 0.6 is 11.8 Å². The number of anilines is 1. The van der Waals surface area contributed by atoms with Gasteiger partial charge in [0.15, 0.2) is 0 Å². The number of carbonyl (C=O) groups is 2. The van der Waals surface area contributed by atoms with Crippen LogP contribution in [0.3, 0.4) is 0 Å². The number of carbonyl (C=O) groups excluding carboxylic acids is 2. The normalized spacial score (nSPS) is 22.1. The van der Waals surface area contributed by atoms with Gasteiger partial charge in [0.05, 0.1) is 5.69 Å². The third-order valence-corrected chi connectivity index (χ3v) is 7.25. The van der Waals surface area contributed by atoms with Gasteiger partial charge >= 0.3 is 0 Å². The van der Waals surface area contributed by atoms with Gasteiger partial charge in [-0.2, -0.15) is 4.68 Å². The first-order valence-corrected chi connectivity index (χ1v) is 12.5. The number of nitrogens with one attached hydrogen (secondary N) is 1. The predicted molar refractivity (Wildman–Crippen MR) is 126 cm³/mol. The molecule has 0 radical (unpaired) electrons. The standard InChI is InChI=1S/C24H26N6O2S/c1-33-24-26-27-28-30(24)19-12-7-11-18(15-19)25-22(31)21-14-17-10-5-6-13-20(17)29(21)23(32)16-8-3-2-4-9-16/h2-4,7-9,11-12,15,17,20-21H,5-6,10,13-14H2,1H3,(H,25,31). The van der Waals surface area contributed by atoms with E-state index >= 15 is 0 Å². The van der Waals surface area contributed by atoms with Crippen LogP contribution < -0.4 is 5.32 Å². The van der Waals surface area contributed by atoms with Crippen molar-refractivity contribution in [2.45, 2.75) is 49.3 Å². The molecule has 3 aromatic rings. The van der Waals surface area contributed by atoms with Crippen molar-refractivity contribution in [3.8, 4) is 5.69 Å². The molecule has 1 N–H and O–H groups in total. The van der Waals surface area contributed by atoms with Gasteiger partial charge in [-0.3, -0.25) is 9.59 Å². The zero-order valence-corrected chi connectivity index (χ0v) is 19.2. The number of nitrogens with zero attached hydrogens (tertiary/aromatic N) is 5. The van der Waals surface area contributed by atoms with Crippen LogP contribution in [-0.4, -0.2) is 55.3 Å². The van der Waals surface area contributed by atoms with Crippen LogP contribution in [-0.2, 0) is 4.79 Å². The fourth-order valence-electron chi connectivity index (χ4n) is 5.13. The molecule has 3 atom stereocenters. The lowest BCUT2D eigenvalue weighted by Gasteiger charge is -2.33. The summed E-state index contributed by atoms with van der Waals surface area (Å²) in [5.74, 6) is 0.170. The lowest BCUT2D eigenvalue weighted by molar-refractivity contribution is -0.120. The molecule has 1 aromatic heterocycles. The topological polar surface area (TPSA) is 93.0 Å². The van der Waals surface area contributed by atoms with Gasteiger partial charge in [0.25, 0.3) is 5.91 Å². The molecule has 170 valence electrons. The number of thioether (sulfide) groups is 1. The van der Waals surface area contributed by atoms with Crippen LogP contribution in [0.2, 0.25) is 0 Å². The maximum atomic E-state index is 13.5. The second-order valence-corrected chi connectivity index (χ2v) is 9.33. The third kappa shape index (κ3) is 4.25. The van der Waals surface area contributed by atoms with Gasteiger partial charge in [0.2, 0.25) is 11.1 Å². The number of fused-ring (bicyclic) bond motifs is 1. The number of benzene rings is 2. The Kier molecular flexibility index (Phi) is 6.13. The van der Waals surface area contributed by atoms with Crippen LogP contribution in [0, 0.1) is 5.92 Å². The van der Waals surface area contributed by atoms with Crippen LogP contribution in [0.25, 0.3) is 5.69 Å². The van der Waals surface area contributed by atoms with Gasteiger partial charge in [-0.25, -0.2) is 0 Å². The van der Waals surface area contributed by atoms with Crippen LogP contribution in [0.1, 0.15) is 42.5 Å². The molecule has 0 spiro atoms. The van der Waals surface area contributed by atoms with E-state index in [-0.39, 0.29) is 17.9 Å². The van der Waals surface area contributed by atoms with E-state index in [1.54, 1.807) is 4.68 Å². The lowest BCUT2D eigenvalue weighted by Crippen LogP contribution is -2.47. The van der Waals surface area contributed by atoms with E-state index in [0.717, 1.165) is 31.4 Å². The Balaban J connectivity index is 1.40. The summed E-state index contributed by atoms with van der Waals surface area (Å²) < 4.78 is 1.63. The second-order valence-electron chi connectivity index (χ2n) is 8.56. The molecule has 2 aliphatic rings. The first-order valence-electron chi connectivity index (χ1n) is 11.3. The van der Waals surface area contributed by atoms with E-state index in [9.17, 15) is 9.59 Å². The average Bonchev–Trinajstić information content (AvgIpc) is 3.49. The number of rotatable bonds is 5. The van der Waals surface area contributed by atoms with Crippen LogP contribution in [0.15, 0.2) is 59.8 Å². The van der Waals surface area contributed by atoms with Crippen LogP contribution in [0.5, 0.6) is 0 Å². The van der Waals surface area contributed by atoms with E-state index in [4.69, 9.17) is 0 Å². The predicted octanol–water partition coefficient (Wildman–Crippen LogP) is 3.80. The van der Waals surface area contributed by atoms with E-state index < -0.39 is 6.04 Å². The number of tetrazole rings is 1. The fourth-order valence-corrected chi connectivity index (χ4v) is 5.56. The van der Waals surface area contributed by atoms with Crippen molar-refractivity contribution in [1.29, 1.82) is 0 Å². The zero-order chi connectivity index (χ0) is 22.8. The highest BCUT2D eigenvalue weighted by Gasteiger charge is 2.47. The molecule has 1 aliphatic carbocycles. The minimum atomic E-state index is -0.482. The summed E-state index contributed by atoms with van der Waals surface area (Å²) in [6.45, 7) is 0. The molecule has 3 unspecified atom stereocenters. The number of likely N-dealkylation sites (tertiary alicyclic amines) is 1. The Morgan fingerprint density at radius 2 is 1.88 bits per heavy atom. The Bertz CT molecular complexity index is 1150. The van der Waals surface area contributed by atoms with E-state index in [1.165, 1.54) is 11.8 Å². The minimum Gasteiger partial charge on any atom is -0.324 e. The largest absolute Gasteiger partial charge is 0.324 e. The molecule has 2 aromatic carbocycles. The molecule has 33 heavy (non-hydrogen) atoms. The molecule has 1 saturated carbocycles. The molecule has 2 fully saturated rings. The Hall–Kier alpha value is -3.20. The lowest BCUT2D eigenvalue weighted by atomic mass is 9.84. The number of aromatic nitrogens is 4. The Morgan fingerprint density at radius 1 is 1.06 bits per heavy atom. The van der Waals surface area contributed by atoms with Gasteiger partial charge in [-0.15, -0.1) is 5.10 Å². The van der Waals surface area contributed by atoms with Gasteiger partial charge < -0.3 is 10.2 Å². The van der Waals surface area contributed by atoms with Crippen molar-refractivity contribution in [2.24, 2.45) is 5.92 Å². The monoisotopic (exact) mass is 462 g/mol. The quantitative estimate of drug-likeness (QED) is 0.580. The summed E-state index contributed by atoms with van der Waals surface area (Å²) in [5, 5.41) is 15.5. The van der Waals surface area contributed by atoms with Crippen molar-refractivity contribution < 1.29 is 9.59 Å². The number of hydrogen-bond acceptors (Lipinski definition) is 6. The first kappa shape index (κ1) is 21.6. The summed E-state index contributed by atoms with van der Waals surface area (Å²) in [6, 6.07) is 16.4. The molecule has 9 heteroatoms. The number of hydrogen-bond donors (Lipinski definition) is 1. The minimum absolute atomic E-state index is 0.0581. The molecule has 0 bridgehead atoms. The van der Waals surface area contributed by atoms with E-state index in [1.807, 2.05) is 65.8 Å². The molecule has 2 heterocycles. The smallest absolute Gasteiger partial charge is 0.254 e. The van der Waals surface area contributed by atoms with Crippen LogP contribution in [0.4, 0.5) is 5.69 Å². The fraction of sp³-hybridized carbons (Fsp3) is 0.375. The summed E-state index contributed by atoms with van der Waals surface area (Å²) >= 11 is 1.45. The average molecular weight is 463 g/mol. The maximum absolute atomic E-state index is 13.5. The van der Waals surface area contributed by atoms with Crippen molar-refractivity contribution in [2.75, 3.05) is 11.6 Å². The Morgan fingerprint density at radius 3 is 2.70 bits per heavy atom. The summed E-state index contributed by atoms with van der Waals surface area (Å²) in [6.07, 6.45) is 6.90. The molecule has 1 aliphatic heterocycles. The van der Waals surface area contributed by atoms with Gasteiger partial charge in [0.1, 0.15) is 6.04 Å². The second kappa shape index (κ2) is 9.35. The van der Waals surface area contributed by atoms with Gasteiger partial charge in [-0.1, -0.05) is 48.9 Å². The summed E-state index contributed by atoms with van der Waals surface area (Å²) in [5.41, 5.74) is 2.05. The molecular formula is C24H26N6O2S. The van der Waals surface area contributed by atoms with E-state index in [2.05, 4.69) is 20.8 Å². The molecule has 8 nitrogen and oxygen atoms in total. The first-order chi connectivity index (χ1) is 16.2. The summed E-state index contributed by atoms with van der Waals surface area (Å²) in [7, 11) is 0. The summed E-state index contributed by atoms with van der Waals surface area (Å²) in [4.78, 5) is 28.8.